The van der Waals surface area contributed by atoms with E-state index < -0.39 is 0 Å². The minimum atomic E-state index is -0.0280. The standard InChI is InChI=1S/C14H20BrNO/c1-10(2)7-13(15)8-12-5-4-6-14(9-12)16-11(3)17/h4-6,9-10,13H,7-8H2,1-3H3,(H,16,17). The van der Waals surface area contributed by atoms with Crippen molar-refractivity contribution in [1.29, 1.82) is 0 Å². The van der Waals surface area contributed by atoms with Gasteiger partial charge in [-0.2, -0.15) is 0 Å². The molecule has 0 fully saturated rings. The Labute approximate surface area is 112 Å². The van der Waals surface area contributed by atoms with Crippen LogP contribution in [0.5, 0.6) is 0 Å². The van der Waals surface area contributed by atoms with Gasteiger partial charge in [0.15, 0.2) is 0 Å². The van der Waals surface area contributed by atoms with Crippen LogP contribution in [-0.2, 0) is 11.2 Å². The lowest BCUT2D eigenvalue weighted by Gasteiger charge is -2.13. The first-order chi connectivity index (χ1) is 7.97. The third kappa shape index (κ3) is 5.87. The number of amides is 1. The van der Waals surface area contributed by atoms with Crippen molar-refractivity contribution in [3.05, 3.63) is 29.8 Å². The van der Waals surface area contributed by atoms with Gasteiger partial charge in [0.1, 0.15) is 0 Å². The molecule has 1 unspecified atom stereocenters. The van der Waals surface area contributed by atoms with Gasteiger partial charge in [-0.1, -0.05) is 41.9 Å². The molecule has 0 aliphatic heterocycles. The molecule has 1 aromatic rings. The summed E-state index contributed by atoms with van der Waals surface area (Å²) < 4.78 is 0. The fourth-order valence-corrected chi connectivity index (χ4v) is 2.95. The zero-order valence-corrected chi connectivity index (χ0v) is 12.3. The molecule has 3 heteroatoms. The molecule has 0 aromatic heterocycles. The summed E-state index contributed by atoms with van der Waals surface area (Å²) >= 11 is 3.70. The van der Waals surface area contributed by atoms with Gasteiger partial charge >= 0.3 is 0 Å². The molecule has 1 amide bonds. The second kappa shape index (κ2) is 6.80. The first-order valence-electron chi connectivity index (χ1n) is 5.98. The number of halogens is 1. The topological polar surface area (TPSA) is 29.1 Å². The van der Waals surface area contributed by atoms with Gasteiger partial charge in [0, 0.05) is 17.4 Å². The molecule has 1 rings (SSSR count). The second-order valence-electron chi connectivity index (χ2n) is 4.81. The molecule has 1 aromatic carbocycles. The van der Waals surface area contributed by atoms with E-state index in [-0.39, 0.29) is 5.91 Å². The van der Waals surface area contributed by atoms with Crippen molar-refractivity contribution < 1.29 is 4.79 Å². The third-order valence-corrected chi connectivity index (χ3v) is 3.13. The van der Waals surface area contributed by atoms with E-state index in [2.05, 4.69) is 41.2 Å². The third-order valence-electron chi connectivity index (χ3n) is 2.43. The van der Waals surface area contributed by atoms with Gasteiger partial charge in [-0.15, -0.1) is 0 Å². The zero-order chi connectivity index (χ0) is 12.8. The minimum Gasteiger partial charge on any atom is -0.326 e. The fourth-order valence-electron chi connectivity index (χ4n) is 1.83. The SMILES string of the molecule is CC(=O)Nc1cccc(CC(Br)CC(C)C)c1. The van der Waals surface area contributed by atoms with Crippen LogP contribution in [0.15, 0.2) is 24.3 Å². The summed E-state index contributed by atoms with van der Waals surface area (Å²) in [4.78, 5) is 11.5. The monoisotopic (exact) mass is 297 g/mol. The Morgan fingerprint density at radius 2 is 2.12 bits per heavy atom. The van der Waals surface area contributed by atoms with E-state index in [9.17, 15) is 4.79 Å². The smallest absolute Gasteiger partial charge is 0.221 e. The molecule has 0 bridgehead atoms. The van der Waals surface area contributed by atoms with Crippen LogP contribution < -0.4 is 5.32 Å². The lowest BCUT2D eigenvalue weighted by Crippen LogP contribution is -2.08. The fraction of sp³-hybridized carbons (Fsp3) is 0.500. The molecule has 0 aliphatic carbocycles. The molecule has 1 N–H and O–H groups in total. The number of hydrogen-bond acceptors (Lipinski definition) is 1. The Balaban J connectivity index is 2.62. The summed E-state index contributed by atoms with van der Waals surface area (Å²) in [5.74, 6) is 0.664. The summed E-state index contributed by atoms with van der Waals surface area (Å²) in [7, 11) is 0. The van der Waals surface area contributed by atoms with Crippen LogP contribution >= 0.6 is 15.9 Å². The number of carbonyl (C=O) groups excluding carboxylic acids is 1. The van der Waals surface area contributed by atoms with Crippen molar-refractivity contribution in [2.75, 3.05) is 5.32 Å². The van der Waals surface area contributed by atoms with E-state index in [0.717, 1.165) is 18.5 Å². The van der Waals surface area contributed by atoms with Crippen molar-refractivity contribution in [2.24, 2.45) is 5.92 Å². The largest absolute Gasteiger partial charge is 0.326 e. The number of alkyl halides is 1. The zero-order valence-electron chi connectivity index (χ0n) is 10.7. The number of benzene rings is 1. The van der Waals surface area contributed by atoms with Crippen LogP contribution in [-0.4, -0.2) is 10.7 Å². The molecular weight excluding hydrogens is 278 g/mol. The maximum Gasteiger partial charge on any atom is 0.221 e. The second-order valence-corrected chi connectivity index (χ2v) is 6.11. The van der Waals surface area contributed by atoms with Gasteiger partial charge in [0.25, 0.3) is 0 Å². The van der Waals surface area contributed by atoms with E-state index in [1.165, 1.54) is 12.5 Å². The highest BCUT2D eigenvalue weighted by atomic mass is 79.9. The van der Waals surface area contributed by atoms with Gasteiger partial charge in [0.05, 0.1) is 0 Å². The van der Waals surface area contributed by atoms with E-state index in [0.29, 0.717) is 10.7 Å². The van der Waals surface area contributed by atoms with Gasteiger partial charge in [-0.05, 0) is 36.5 Å². The maximum absolute atomic E-state index is 11.0. The molecular formula is C14H20BrNO. The summed E-state index contributed by atoms with van der Waals surface area (Å²) in [6.45, 7) is 5.97. The first kappa shape index (κ1) is 14.2. The molecule has 17 heavy (non-hydrogen) atoms. The molecule has 1 atom stereocenters. The summed E-state index contributed by atoms with van der Waals surface area (Å²) in [5, 5.41) is 2.80. The molecule has 0 heterocycles. The molecule has 0 radical (unpaired) electrons. The molecule has 0 aliphatic rings. The van der Waals surface area contributed by atoms with Crippen molar-refractivity contribution >= 4 is 27.5 Å². The van der Waals surface area contributed by atoms with Crippen LogP contribution in [0.2, 0.25) is 0 Å². The highest BCUT2D eigenvalue weighted by Gasteiger charge is 2.08. The summed E-state index contributed by atoms with van der Waals surface area (Å²) in [6.07, 6.45) is 2.15. The average molecular weight is 298 g/mol. The number of nitrogens with one attached hydrogen (secondary N) is 1. The lowest BCUT2D eigenvalue weighted by atomic mass is 10.0. The predicted octanol–water partition coefficient (Wildman–Crippen LogP) is 4.00. The Hall–Kier alpha value is -0.830. The van der Waals surface area contributed by atoms with Crippen molar-refractivity contribution in [3.63, 3.8) is 0 Å². The van der Waals surface area contributed by atoms with Gasteiger partial charge < -0.3 is 5.32 Å². The van der Waals surface area contributed by atoms with Crippen molar-refractivity contribution in [1.82, 2.24) is 0 Å². The van der Waals surface area contributed by atoms with Gasteiger partial charge in [0.2, 0.25) is 5.91 Å². The van der Waals surface area contributed by atoms with E-state index in [1.54, 1.807) is 0 Å². The Kier molecular flexibility index (Phi) is 5.69. The van der Waals surface area contributed by atoms with Crippen molar-refractivity contribution in [3.8, 4) is 0 Å². The van der Waals surface area contributed by atoms with Gasteiger partial charge in [-0.25, -0.2) is 0 Å². The van der Waals surface area contributed by atoms with Crippen LogP contribution in [0.3, 0.4) is 0 Å². The predicted molar refractivity (Wildman–Crippen MR) is 76.6 cm³/mol. The first-order valence-corrected chi connectivity index (χ1v) is 6.89. The molecule has 0 saturated carbocycles. The number of anilines is 1. The Bertz CT molecular complexity index is 376. The number of hydrogen-bond donors (Lipinski definition) is 1. The lowest BCUT2D eigenvalue weighted by molar-refractivity contribution is -0.114. The highest BCUT2D eigenvalue weighted by Crippen LogP contribution is 2.19. The molecule has 0 saturated heterocycles. The quantitative estimate of drug-likeness (QED) is 0.818. The van der Waals surface area contributed by atoms with Crippen molar-refractivity contribution in [2.45, 2.75) is 38.4 Å². The Morgan fingerprint density at radius 3 is 2.71 bits per heavy atom. The van der Waals surface area contributed by atoms with Crippen LogP contribution in [0, 0.1) is 5.92 Å². The molecule has 0 spiro atoms. The average Bonchev–Trinajstić information content (AvgIpc) is 2.14. The minimum absolute atomic E-state index is 0.0280. The molecule has 94 valence electrons. The summed E-state index contributed by atoms with van der Waals surface area (Å²) in [5.41, 5.74) is 2.12. The number of carbonyl (C=O) groups is 1. The maximum atomic E-state index is 11.0. The van der Waals surface area contributed by atoms with E-state index in [1.807, 2.05) is 18.2 Å². The van der Waals surface area contributed by atoms with E-state index in [4.69, 9.17) is 0 Å². The van der Waals surface area contributed by atoms with Crippen LogP contribution in [0.1, 0.15) is 32.8 Å². The normalized spacial score (nSPS) is 12.5. The summed E-state index contributed by atoms with van der Waals surface area (Å²) in [6, 6.07) is 8.03. The van der Waals surface area contributed by atoms with E-state index >= 15 is 0 Å². The number of rotatable bonds is 5. The van der Waals surface area contributed by atoms with Crippen LogP contribution in [0.4, 0.5) is 5.69 Å². The van der Waals surface area contributed by atoms with Gasteiger partial charge in [-0.3, -0.25) is 4.79 Å². The van der Waals surface area contributed by atoms with Crippen LogP contribution in [0.25, 0.3) is 0 Å². The molecule has 2 nitrogen and oxygen atoms in total. The Morgan fingerprint density at radius 1 is 1.41 bits per heavy atom. The highest BCUT2D eigenvalue weighted by molar-refractivity contribution is 9.09.